The van der Waals surface area contributed by atoms with Gasteiger partial charge < -0.3 is 14.6 Å². The van der Waals surface area contributed by atoms with Crippen LogP contribution in [0.25, 0.3) is 10.9 Å². The smallest absolute Gasteiger partial charge is 0.254 e. The third-order valence-electron chi connectivity index (χ3n) is 4.88. The minimum absolute atomic E-state index is 0.0366. The maximum Gasteiger partial charge on any atom is 0.254 e. The largest absolute Gasteiger partial charge is 0.393 e. The molecule has 1 aromatic carbocycles. The van der Waals surface area contributed by atoms with Crippen LogP contribution in [-0.2, 0) is 7.05 Å². The average molecular weight is 300 g/mol. The van der Waals surface area contributed by atoms with Crippen molar-refractivity contribution < 1.29 is 9.90 Å². The molecule has 1 amide bonds. The molecule has 0 saturated heterocycles. The second kappa shape index (κ2) is 6.13. The van der Waals surface area contributed by atoms with E-state index in [1.54, 1.807) is 4.90 Å². The highest BCUT2D eigenvalue weighted by Crippen LogP contribution is 2.26. The third kappa shape index (κ3) is 2.75. The molecule has 1 aliphatic rings. The molecule has 3 rings (SSSR count). The van der Waals surface area contributed by atoms with Crippen molar-refractivity contribution in [3.63, 3.8) is 0 Å². The van der Waals surface area contributed by atoms with Crippen LogP contribution in [0.2, 0.25) is 0 Å². The number of hydrogen-bond acceptors (Lipinski definition) is 2. The number of benzene rings is 1. The van der Waals surface area contributed by atoms with Crippen molar-refractivity contribution in [1.29, 1.82) is 0 Å². The maximum absolute atomic E-state index is 12.8. The molecule has 1 heterocycles. The summed E-state index contributed by atoms with van der Waals surface area (Å²) in [5, 5.41) is 11.1. The van der Waals surface area contributed by atoms with Gasteiger partial charge in [0.15, 0.2) is 0 Å². The van der Waals surface area contributed by atoms with Crippen molar-refractivity contribution >= 4 is 16.8 Å². The first-order valence-corrected chi connectivity index (χ1v) is 8.05. The van der Waals surface area contributed by atoms with Gasteiger partial charge in [-0.1, -0.05) is 18.9 Å². The Morgan fingerprint density at radius 1 is 1.32 bits per heavy atom. The SMILES string of the molecule is CN(CC1CCCCC1O)C(=O)c1cccc2c1ccn2C. The molecule has 1 fully saturated rings. The normalized spacial score (nSPS) is 22.0. The first-order chi connectivity index (χ1) is 10.6. The molecule has 1 aliphatic carbocycles. The fourth-order valence-corrected chi connectivity index (χ4v) is 3.53. The lowest BCUT2D eigenvalue weighted by atomic mass is 9.86. The van der Waals surface area contributed by atoms with E-state index in [-0.39, 0.29) is 17.9 Å². The van der Waals surface area contributed by atoms with Crippen LogP contribution in [0.4, 0.5) is 0 Å². The summed E-state index contributed by atoms with van der Waals surface area (Å²) in [6, 6.07) is 7.83. The van der Waals surface area contributed by atoms with Crippen molar-refractivity contribution in [2.24, 2.45) is 13.0 Å². The van der Waals surface area contributed by atoms with Gasteiger partial charge in [-0.25, -0.2) is 0 Å². The molecule has 118 valence electrons. The predicted octanol–water partition coefficient (Wildman–Crippen LogP) is 2.80. The number of aromatic nitrogens is 1. The molecule has 2 unspecified atom stereocenters. The second-order valence-electron chi connectivity index (χ2n) is 6.46. The molecule has 2 atom stereocenters. The molecule has 1 saturated carbocycles. The van der Waals surface area contributed by atoms with Gasteiger partial charge in [-0.15, -0.1) is 0 Å². The number of aliphatic hydroxyl groups is 1. The first kappa shape index (κ1) is 15.1. The Labute approximate surface area is 131 Å². The lowest BCUT2D eigenvalue weighted by Gasteiger charge is -2.31. The van der Waals surface area contributed by atoms with Crippen LogP contribution >= 0.6 is 0 Å². The Kier molecular flexibility index (Phi) is 4.21. The summed E-state index contributed by atoms with van der Waals surface area (Å²) in [4.78, 5) is 14.5. The fraction of sp³-hybridized carbons (Fsp3) is 0.500. The highest BCUT2D eigenvalue weighted by Gasteiger charge is 2.26. The Balaban J connectivity index is 1.80. The van der Waals surface area contributed by atoms with Crippen molar-refractivity contribution in [1.82, 2.24) is 9.47 Å². The first-order valence-electron chi connectivity index (χ1n) is 8.05. The van der Waals surface area contributed by atoms with Crippen LogP contribution in [0, 0.1) is 5.92 Å². The minimum Gasteiger partial charge on any atom is -0.393 e. The fourth-order valence-electron chi connectivity index (χ4n) is 3.53. The van der Waals surface area contributed by atoms with E-state index in [1.165, 1.54) is 0 Å². The number of aliphatic hydroxyl groups excluding tert-OH is 1. The van der Waals surface area contributed by atoms with Crippen molar-refractivity contribution in [3.8, 4) is 0 Å². The number of nitrogens with zero attached hydrogens (tertiary/aromatic N) is 2. The lowest BCUT2D eigenvalue weighted by Crippen LogP contribution is -2.38. The number of carbonyl (C=O) groups is 1. The van der Waals surface area contributed by atoms with Crippen LogP contribution in [0.1, 0.15) is 36.0 Å². The molecule has 4 nitrogen and oxygen atoms in total. The quantitative estimate of drug-likeness (QED) is 0.947. The van der Waals surface area contributed by atoms with Crippen LogP contribution in [0.15, 0.2) is 30.5 Å². The van der Waals surface area contributed by atoms with Crippen LogP contribution in [0.3, 0.4) is 0 Å². The van der Waals surface area contributed by atoms with Crippen LogP contribution < -0.4 is 0 Å². The Morgan fingerprint density at radius 3 is 2.86 bits per heavy atom. The van der Waals surface area contributed by atoms with E-state index in [0.29, 0.717) is 6.54 Å². The third-order valence-corrected chi connectivity index (χ3v) is 4.88. The second-order valence-corrected chi connectivity index (χ2v) is 6.46. The van der Waals surface area contributed by atoms with E-state index in [2.05, 4.69) is 0 Å². The number of aryl methyl sites for hydroxylation is 1. The summed E-state index contributed by atoms with van der Waals surface area (Å²) in [6.45, 7) is 0.628. The molecular weight excluding hydrogens is 276 g/mol. The van der Waals surface area contributed by atoms with E-state index in [0.717, 1.165) is 42.1 Å². The summed E-state index contributed by atoms with van der Waals surface area (Å²) in [7, 11) is 3.82. The van der Waals surface area contributed by atoms with Gasteiger partial charge in [0.05, 0.1) is 6.10 Å². The summed E-state index contributed by atoms with van der Waals surface area (Å²) < 4.78 is 2.02. The number of amides is 1. The number of rotatable bonds is 3. The van der Waals surface area contributed by atoms with Gasteiger partial charge in [0.25, 0.3) is 5.91 Å². The summed E-state index contributed by atoms with van der Waals surface area (Å²) >= 11 is 0. The minimum atomic E-state index is -0.267. The zero-order chi connectivity index (χ0) is 15.7. The molecule has 1 N–H and O–H groups in total. The number of carbonyl (C=O) groups excluding carboxylic acids is 1. The average Bonchev–Trinajstić information content (AvgIpc) is 2.90. The van der Waals surface area contributed by atoms with E-state index >= 15 is 0 Å². The molecule has 0 radical (unpaired) electrons. The molecule has 2 aromatic rings. The van der Waals surface area contributed by atoms with Crippen molar-refractivity contribution in [2.45, 2.75) is 31.8 Å². The number of fused-ring (bicyclic) bond motifs is 1. The topological polar surface area (TPSA) is 45.5 Å². The Bertz CT molecular complexity index is 677. The molecule has 0 spiro atoms. The van der Waals surface area contributed by atoms with Gasteiger partial charge in [-0.2, -0.15) is 0 Å². The van der Waals surface area contributed by atoms with Crippen LogP contribution in [-0.4, -0.2) is 40.2 Å². The van der Waals surface area contributed by atoms with Gasteiger partial charge >= 0.3 is 0 Å². The standard InChI is InChI=1S/C18H24N2O2/c1-19-11-10-14-15(7-5-8-16(14)19)18(22)20(2)12-13-6-3-4-9-17(13)21/h5,7-8,10-11,13,17,21H,3-4,6,9,12H2,1-2H3. The molecule has 4 heteroatoms. The maximum atomic E-state index is 12.8. The zero-order valence-electron chi connectivity index (χ0n) is 13.3. The van der Waals surface area contributed by atoms with E-state index in [4.69, 9.17) is 0 Å². The van der Waals surface area contributed by atoms with E-state index in [9.17, 15) is 9.90 Å². The summed E-state index contributed by atoms with van der Waals surface area (Å²) in [5.41, 5.74) is 1.81. The highest BCUT2D eigenvalue weighted by molar-refractivity contribution is 6.06. The predicted molar refractivity (Wildman–Crippen MR) is 87.8 cm³/mol. The van der Waals surface area contributed by atoms with E-state index in [1.807, 2.05) is 49.1 Å². The van der Waals surface area contributed by atoms with Gasteiger partial charge in [-0.3, -0.25) is 4.79 Å². The van der Waals surface area contributed by atoms with Gasteiger partial charge in [-0.05, 0) is 31.0 Å². The van der Waals surface area contributed by atoms with Gasteiger partial charge in [0.1, 0.15) is 0 Å². The van der Waals surface area contributed by atoms with E-state index < -0.39 is 0 Å². The Hall–Kier alpha value is -1.81. The van der Waals surface area contributed by atoms with Crippen LogP contribution in [0.5, 0.6) is 0 Å². The van der Waals surface area contributed by atoms with Crippen molar-refractivity contribution in [3.05, 3.63) is 36.0 Å². The van der Waals surface area contributed by atoms with Gasteiger partial charge in [0, 0.05) is 49.2 Å². The summed E-state index contributed by atoms with van der Waals surface area (Å²) in [6.07, 6.45) is 5.83. The molecule has 1 aromatic heterocycles. The number of hydrogen-bond donors (Lipinski definition) is 1. The molecular formula is C18H24N2O2. The van der Waals surface area contributed by atoms with Crippen molar-refractivity contribution in [2.75, 3.05) is 13.6 Å². The highest BCUT2D eigenvalue weighted by atomic mass is 16.3. The Morgan fingerprint density at radius 2 is 2.09 bits per heavy atom. The molecule has 0 aliphatic heterocycles. The molecule has 0 bridgehead atoms. The zero-order valence-corrected chi connectivity index (χ0v) is 13.3. The molecule has 22 heavy (non-hydrogen) atoms. The lowest BCUT2D eigenvalue weighted by molar-refractivity contribution is 0.0452. The monoisotopic (exact) mass is 300 g/mol. The van der Waals surface area contributed by atoms with Gasteiger partial charge in [0.2, 0.25) is 0 Å². The summed E-state index contributed by atoms with van der Waals surface area (Å²) in [5.74, 6) is 0.243.